The molecule has 5 nitrogen and oxygen atoms in total. The minimum Gasteiger partial charge on any atom is -0.479 e. The molecule has 1 aromatic carbocycles. The monoisotopic (exact) mass is 397 g/mol. The van der Waals surface area contributed by atoms with Gasteiger partial charge in [0.05, 0.1) is 5.56 Å². The van der Waals surface area contributed by atoms with Gasteiger partial charge in [-0.2, -0.15) is 5.26 Å². The van der Waals surface area contributed by atoms with Crippen molar-refractivity contribution < 1.29 is 9.53 Å². The second kappa shape index (κ2) is 10.6. The molecular weight excluding hydrogens is 362 g/mol. The molecule has 1 unspecified atom stereocenters. The Balaban J connectivity index is 1.49. The fourth-order valence-electron chi connectivity index (χ4n) is 4.57. The van der Waals surface area contributed by atoms with Crippen LogP contribution in [0.3, 0.4) is 0 Å². The number of likely N-dealkylation sites (tertiary alicyclic amines) is 1. The average molecular weight is 398 g/mol. The summed E-state index contributed by atoms with van der Waals surface area (Å²) in [4.78, 5) is 15.5. The van der Waals surface area contributed by atoms with Crippen molar-refractivity contribution in [3.63, 3.8) is 0 Å². The summed E-state index contributed by atoms with van der Waals surface area (Å²) in [7, 11) is 0. The number of ether oxygens (including phenoxy) is 1. The van der Waals surface area contributed by atoms with Crippen LogP contribution in [-0.4, -0.2) is 42.6 Å². The fraction of sp³-hybridized carbons (Fsp3) is 0.667. The lowest BCUT2D eigenvalue weighted by Gasteiger charge is -2.36. The quantitative estimate of drug-likeness (QED) is 0.751. The van der Waals surface area contributed by atoms with Crippen molar-refractivity contribution in [2.24, 2.45) is 11.8 Å². The normalized spacial score (nSPS) is 20.2. The summed E-state index contributed by atoms with van der Waals surface area (Å²) in [5.41, 5.74) is 0.460. The molecule has 1 aliphatic carbocycles. The molecule has 29 heavy (non-hydrogen) atoms. The van der Waals surface area contributed by atoms with Crippen LogP contribution >= 0.6 is 0 Å². The molecule has 0 aromatic heterocycles. The highest BCUT2D eigenvalue weighted by Gasteiger charge is 2.29. The molecule has 1 saturated heterocycles. The first kappa shape index (κ1) is 21.6. The van der Waals surface area contributed by atoms with Gasteiger partial charge in [0.1, 0.15) is 11.8 Å². The van der Waals surface area contributed by atoms with Gasteiger partial charge in [0, 0.05) is 25.7 Å². The van der Waals surface area contributed by atoms with Crippen molar-refractivity contribution in [3.05, 3.63) is 29.8 Å². The average Bonchev–Trinajstić information content (AvgIpc) is 2.74. The molecule has 2 aliphatic rings. The van der Waals surface area contributed by atoms with E-state index in [0.717, 1.165) is 31.8 Å². The van der Waals surface area contributed by atoms with Gasteiger partial charge in [-0.25, -0.2) is 0 Å². The Morgan fingerprint density at radius 2 is 1.86 bits per heavy atom. The molecule has 2 fully saturated rings. The number of nitriles is 1. The summed E-state index contributed by atoms with van der Waals surface area (Å²) in [6.07, 6.45) is 8.36. The number of carbonyl (C=O) groups excluding carboxylic acids is 1. The Bertz CT molecular complexity index is 698. The molecule has 1 heterocycles. The first-order valence-electron chi connectivity index (χ1n) is 11.3. The van der Waals surface area contributed by atoms with E-state index in [1.807, 2.05) is 19.9 Å². The molecule has 158 valence electrons. The highest BCUT2D eigenvalue weighted by atomic mass is 16.5. The Morgan fingerprint density at radius 1 is 1.17 bits per heavy atom. The van der Waals surface area contributed by atoms with Crippen LogP contribution in [0.15, 0.2) is 24.3 Å². The minimum absolute atomic E-state index is 0.0214. The van der Waals surface area contributed by atoms with Crippen LogP contribution in [0.2, 0.25) is 0 Å². The van der Waals surface area contributed by atoms with E-state index in [-0.39, 0.29) is 17.9 Å². The summed E-state index contributed by atoms with van der Waals surface area (Å²) in [6.45, 7) is 7.30. The van der Waals surface area contributed by atoms with Crippen LogP contribution in [0.5, 0.6) is 5.75 Å². The molecule has 1 aromatic rings. The number of amides is 1. The second-order valence-electron chi connectivity index (χ2n) is 8.98. The third kappa shape index (κ3) is 6.21. The van der Waals surface area contributed by atoms with Crippen molar-refractivity contribution in [3.8, 4) is 11.8 Å². The van der Waals surface area contributed by atoms with Crippen molar-refractivity contribution >= 4 is 5.91 Å². The molecule has 1 amide bonds. The molecule has 1 N–H and O–H groups in total. The number of nitrogens with one attached hydrogen (secondary N) is 1. The maximum atomic E-state index is 12.9. The van der Waals surface area contributed by atoms with Crippen LogP contribution in [0.25, 0.3) is 0 Å². The molecule has 0 bridgehead atoms. The van der Waals surface area contributed by atoms with Crippen LogP contribution < -0.4 is 10.1 Å². The van der Waals surface area contributed by atoms with Gasteiger partial charge < -0.3 is 15.0 Å². The fourth-order valence-corrected chi connectivity index (χ4v) is 4.57. The summed E-state index contributed by atoms with van der Waals surface area (Å²) < 4.78 is 5.98. The molecule has 1 aliphatic heterocycles. The van der Waals surface area contributed by atoms with Gasteiger partial charge in [-0.1, -0.05) is 45.2 Å². The van der Waals surface area contributed by atoms with E-state index in [0.29, 0.717) is 11.3 Å². The number of piperidine rings is 1. The van der Waals surface area contributed by atoms with Gasteiger partial charge in [0.2, 0.25) is 0 Å². The highest BCUT2D eigenvalue weighted by Crippen LogP contribution is 2.26. The number of hydrogen-bond donors (Lipinski definition) is 1. The molecule has 1 atom stereocenters. The van der Waals surface area contributed by atoms with E-state index in [4.69, 9.17) is 4.74 Å². The van der Waals surface area contributed by atoms with Gasteiger partial charge in [-0.3, -0.25) is 4.79 Å². The molecule has 0 spiro atoms. The zero-order valence-corrected chi connectivity index (χ0v) is 17.9. The van der Waals surface area contributed by atoms with Crippen molar-refractivity contribution in [2.75, 3.05) is 19.6 Å². The highest BCUT2D eigenvalue weighted by molar-refractivity contribution is 5.81. The van der Waals surface area contributed by atoms with E-state index in [1.165, 1.54) is 38.6 Å². The first-order chi connectivity index (χ1) is 14.1. The molecule has 0 radical (unpaired) electrons. The van der Waals surface area contributed by atoms with E-state index >= 15 is 0 Å². The van der Waals surface area contributed by atoms with Gasteiger partial charge in [0.15, 0.2) is 6.10 Å². The van der Waals surface area contributed by atoms with Crippen molar-refractivity contribution in [1.29, 1.82) is 5.26 Å². The third-order valence-electron chi connectivity index (χ3n) is 6.30. The minimum atomic E-state index is -0.593. The van der Waals surface area contributed by atoms with Gasteiger partial charge in [-0.05, 0) is 49.7 Å². The summed E-state index contributed by atoms with van der Waals surface area (Å²) in [5.74, 6) is 1.30. The lowest BCUT2D eigenvalue weighted by atomic mass is 9.88. The number of benzene rings is 1. The third-order valence-corrected chi connectivity index (χ3v) is 6.30. The van der Waals surface area contributed by atoms with E-state index in [1.54, 1.807) is 18.2 Å². The number of hydrogen-bond acceptors (Lipinski definition) is 4. The zero-order chi connectivity index (χ0) is 20.6. The zero-order valence-electron chi connectivity index (χ0n) is 17.9. The SMILES string of the molecule is CC(C)C(Oc1ccccc1C#N)C(=O)NC1CCN(CC2CCCCC2)CC1. The molecule has 5 heteroatoms. The van der Waals surface area contributed by atoms with Crippen LogP contribution in [0.4, 0.5) is 0 Å². The largest absolute Gasteiger partial charge is 0.479 e. The van der Waals surface area contributed by atoms with Gasteiger partial charge in [-0.15, -0.1) is 0 Å². The van der Waals surface area contributed by atoms with Crippen LogP contribution in [0, 0.1) is 23.2 Å². The Labute approximate surface area is 175 Å². The Hall–Kier alpha value is -2.06. The van der Waals surface area contributed by atoms with Crippen LogP contribution in [0.1, 0.15) is 64.4 Å². The molecular formula is C24H35N3O2. The second-order valence-corrected chi connectivity index (χ2v) is 8.98. The summed E-state index contributed by atoms with van der Waals surface area (Å²) >= 11 is 0. The van der Waals surface area contributed by atoms with E-state index in [2.05, 4.69) is 16.3 Å². The first-order valence-corrected chi connectivity index (χ1v) is 11.3. The Morgan fingerprint density at radius 3 is 2.52 bits per heavy atom. The van der Waals surface area contributed by atoms with E-state index in [9.17, 15) is 10.1 Å². The predicted octanol–water partition coefficient (Wildman–Crippen LogP) is 4.12. The van der Waals surface area contributed by atoms with Crippen molar-refractivity contribution in [1.82, 2.24) is 10.2 Å². The predicted molar refractivity (Wildman–Crippen MR) is 115 cm³/mol. The lowest BCUT2D eigenvalue weighted by molar-refractivity contribution is -0.130. The molecule has 3 rings (SSSR count). The standard InChI is InChI=1S/C24H35N3O2/c1-18(2)23(29-22-11-7-6-10-20(22)16-25)24(28)26-21-12-14-27(15-13-21)17-19-8-4-3-5-9-19/h6-7,10-11,18-19,21,23H,3-5,8-9,12-15,17H2,1-2H3,(H,26,28). The number of carbonyl (C=O) groups is 1. The smallest absolute Gasteiger partial charge is 0.261 e. The topological polar surface area (TPSA) is 65.4 Å². The van der Waals surface area contributed by atoms with E-state index < -0.39 is 6.10 Å². The summed E-state index contributed by atoms with van der Waals surface area (Å²) in [6, 6.07) is 9.44. The lowest BCUT2D eigenvalue weighted by Crippen LogP contribution is -2.50. The van der Waals surface area contributed by atoms with Gasteiger partial charge in [0.25, 0.3) is 5.91 Å². The number of para-hydroxylation sites is 1. The summed E-state index contributed by atoms with van der Waals surface area (Å²) in [5, 5.41) is 12.5. The van der Waals surface area contributed by atoms with Gasteiger partial charge >= 0.3 is 0 Å². The Kier molecular flexibility index (Phi) is 7.94. The van der Waals surface area contributed by atoms with Crippen LogP contribution in [-0.2, 0) is 4.79 Å². The maximum absolute atomic E-state index is 12.9. The molecule has 1 saturated carbocycles. The number of nitrogens with zero attached hydrogens (tertiary/aromatic N) is 2. The number of rotatable bonds is 7. The maximum Gasteiger partial charge on any atom is 0.261 e. The van der Waals surface area contributed by atoms with Crippen molar-refractivity contribution in [2.45, 2.75) is 70.9 Å².